The number of aromatic nitrogens is 1. The highest BCUT2D eigenvalue weighted by molar-refractivity contribution is 5.84. The van der Waals surface area contributed by atoms with E-state index in [0.29, 0.717) is 6.61 Å². The standard InChI is InChI=1S/C26H34N2O2/c1-4-19-11-15-28(16-12-19)14-6-8-21-22-7-5-13-27-24(22)18-30-25-10-9-20(17-23(21)25)26(2,3)29/h5,7-10,13,17,19,29H,4,6,11-12,14-16,18H2,1-3H3/b21-8+. The third kappa shape index (κ3) is 4.60. The summed E-state index contributed by atoms with van der Waals surface area (Å²) in [7, 11) is 0. The Bertz CT molecular complexity index is 905. The summed E-state index contributed by atoms with van der Waals surface area (Å²) in [5.41, 5.74) is 4.31. The normalized spacial score (nSPS) is 19.1. The Morgan fingerprint density at radius 1 is 1.20 bits per heavy atom. The second kappa shape index (κ2) is 8.91. The summed E-state index contributed by atoms with van der Waals surface area (Å²) in [6.45, 7) is 9.93. The molecule has 2 aliphatic rings. The van der Waals surface area contributed by atoms with E-state index in [1.54, 1.807) is 0 Å². The molecule has 4 rings (SSSR count). The van der Waals surface area contributed by atoms with Gasteiger partial charge in [-0.1, -0.05) is 31.6 Å². The lowest BCUT2D eigenvalue weighted by molar-refractivity contribution is 0.0785. The molecule has 2 aliphatic heterocycles. The van der Waals surface area contributed by atoms with Crippen LogP contribution in [0.5, 0.6) is 5.75 Å². The summed E-state index contributed by atoms with van der Waals surface area (Å²) in [6, 6.07) is 10.1. The maximum absolute atomic E-state index is 10.6. The number of nitrogens with zero attached hydrogens (tertiary/aromatic N) is 2. The van der Waals surface area contributed by atoms with E-state index in [1.165, 1.54) is 37.9 Å². The lowest BCUT2D eigenvalue weighted by Gasteiger charge is -2.31. The highest BCUT2D eigenvalue weighted by Gasteiger charge is 2.24. The van der Waals surface area contributed by atoms with E-state index in [2.05, 4.69) is 35.0 Å². The van der Waals surface area contributed by atoms with Crippen molar-refractivity contribution in [1.29, 1.82) is 0 Å². The van der Waals surface area contributed by atoms with Gasteiger partial charge in [0.1, 0.15) is 12.4 Å². The summed E-state index contributed by atoms with van der Waals surface area (Å²) in [5.74, 6) is 1.76. The average Bonchev–Trinajstić information content (AvgIpc) is 2.90. The van der Waals surface area contributed by atoms with Crippen LogP contribution in [0.15, 0.2) is 42.6 Å². The molecule has 1 fully saturated rings. The molecular weight excluding hydrogens is 372 g/mol. The van der Waals surface area contributed by atoms with Crippen LogP contribution in [0.4, 0.5) is 0 Å². The number of ether oxygens (including phenoxy) is 1. The molecule has 1 aromatic heterocycles. The van der Waals surface area contributed by atoms with E-state index in [-0.39, 0.29) is 0 Å². The minimum Gasteiger partial charge on any atom is -0.487 e. The fourth-order valence-electron chi connectivity index (χ4n) is 4.57. The van der Waals surface area contributed by atoms with Crippen molar-refractivity contribution in [3.05, 3.63) is 65.0 Å². The Hall–Kier alpha value is -2.17. The van der Waals surface area contributed by atoms with Crippen molar-refractivity contribution >= 4 is 5.57 Å². The van der Waals surface area contributed by atoms with E-state index in [4.69, 9.17) is 4.74 Å². The van der Waals surface area contributed by atoms with Gasteiger partial charge >= 0.3 is 0 Å². The van der Waals surface area contributed by atoms with Crippen molar-refractivity contribution in [3.8, 4) is 5.75 Å². The molecule has 0 unspecified atom stereocenters. The molecule has 1 N–H and O–H groups in total. The largest absolute Gasteiger partial charge is 0.487 e. The summed E-state index contributed by atoms with van der Waals surface area (Å²) in [4.78, 5) is 7.17. The van der Waals surface area contributed by atoms with Gasteiger partial charge in [-0.05, 0) is 81.5 Å². The highest BCUT2D eigenvalue weighted by atomic mass is 16.5. The van der Waals surface area contributed by atoms with E-state index < -0.39 is 5.60 Å². The molecule has 0 aliphatic carbocycles. The zero-order chi connectivity index (χ0) is 21.1. The van der Waals surface area contributed by atoms with E-state index >= 15 is 0 Å². The lowest BCUT2D eigenvalue weighted by atomic mass is 9.90. The van der Waals surface area contributed by atoms with Crippen molar-refractivity contribution in [2.45, 2.75) is 58.7 Å². The Morgan fingerprint density at radius 3 is 2.73 bits per heavy atom. The van der Waals surface area contributed by atoms with Gasteiger partial charge in [0, 0.05) is 23.9 Å². The quantitative estimate of drug-likeness (QED) is 0.746. The molecule has 0 spiro atoms. The topological polar surface area (TPSA) is 45.6 Å². The maximum atomic E-state index is 10.6. The number of hydrogen-bond acceptors (Lipinski definition) is 4. The van der Waals surface area contributed by atoms with Crippen LogP contribution in [0.1, 0.15) is 68.8 Å². The first kappa shape index (κ1) is 21.1. The van der Waals surface area contributed by atoms with E-state index in [1.807, 2.05) is 38.2 Å². The third-order valence-corrected chi connectivity index (χ3v) is 6.60. The SMILES string of the molecule is CCC1CCN(CC/C=C2/c3cc(C(C)(C)O)ccc3OCc3ncccc32)CC1. The second-order valence-corrected chi connectivity index (χ2v) is 9.16. The number of benzene rings is 1. The molecule has 3 heterocycles. The molecular formula is C26H34N2O2. The Balaban J connectivity index is 1.63. The number of piperidine rings is 1. The molecule has 4 heteroatoms. The molecule has 0 saturated carbocycles. The molecule has 0 atom stereocenters. The fraction of sp³-hybridized carbons (Fsp3) is 0.500. The van der Waals surface area contributed by atoms with Crippen molar-refractivity contribution < 1.29 is 9.84 Å². The van der Waals surface area contributed by atoms with Crippen molar-refractivity contribution in [1.82, 2.24) is 9.88 Å². The Kier molecular flexibility index (Phi) is 6.26. The molecule has 30 heavy (non-hydrogen) atoms. The number of aliphatic hydroxyl groups is 1. The zero-order valence-corrected chi connectivity index (χ0v) is 18.5. The second-order valence-electron chi connectivity index (χ2n) is 9.16. The molecule has 0 amide bonds. The average molecular weight is 407 g/mol. The van der Waals surface area contributed by atoms with Gasteiger partial charge in [0.05, 0.1) is 11.3 Å². The lowest BCUT2D eigenvalue weighted by Crippen LogP contribution is -2.34. The van der Waals surface area contributed by atoms with Crippen LogP contribution in [0.2, 0.25) is 0 Å². The molecule has 2 aromatic rings. The van der Waals surface area contributed by atoms with Crippen molar-refractivity contribution in [2.75, 3.05) is 19.6 Å². The number of fused-ring (bicyclic) bond motifs is 2. The zero-order valence-electron chi connectivity index (χ0n) is 18.5. The summed E-state index contributed by atoms with van der Waals surface area (Å²) in [5, 5.41) is 10.6. The molecule has 0 bridgehead atoms. The van der Waals surface area contributed by atoms with Crippen molar-refractivity contribution in [2.24, 2.45) is 5.92 Å². The van der Waals surface area contributed by atoms with Crippen LogP contribution in [0.3, 0.4) is 0 Å². The number of pyridine rings is 1. The summed E-state index contributed by atoms with van der Waals surface area (Å²) in [6.07, 6.45) is 9.12. The summed E-state index contributed by atoms with van der Waals surface area (Å²) >= 11 is 0. The molecule has 1 saturated heterocycles. The predicted molar refractivity (Wildman–Crippen MR) is 121 cm³/mol. The first-order chi connectivity index (χ1) is 14.5. The van der Waals surface area contributed by atoms with Crippen LogP contribution < -0.4 is 4.74 Å². The molecule has 1 aromatic carbocycles. The molecule has 0 radical (unpaired) electrons. The van der Waals surface area contributed by atoms with Crippen LogP contribution in [-0.4, -0.2) is 34.6 Å². The van der Waals surface area contributed by atoms with Gasteiger partial charge in [0.2, 0.25) is 0 Å². The van der Waals surface area contributed by atoms with Gasteiger partial charge in [-0.15, -0.1) is 0 Å². The van der Waals surface area contributed by atoms with Gasteiger partial charge in [0.25, 0.3) is 0 Å². The number of rotatable bonds is 5. The number of likely N-dealkylation sites (tertiary alicyclic amines) is 1. The van der Waals surface area contributed by atoms with Gasteiger partial charge in [0.15, 0.2) is 0 Å². The first-order valence-corrected chi connectivity index (χ1v) is 11.3. The van der Waals surface area contributed by atoms with E-state index in [9.17, 15) is 5.11 Å². The van der Waals surface area contributed by atoms with Crippen LogP contribution in [0, 0.1) is 5.92 Å². The first-order valence-electron chi connectivity index (χ1n) is 11.3. The Labute approximate surface area is 180 Å². The third-order valence-electron chi connectivity index (χ3n) is 6.60. The molecule has 160 valence electrons. The van der Waals surface area contributed by atoms with Crippen LogP contribution in [0.25, 0.3) is 5.57 Å². The minimum absolute atomic E-state index is 0.465. The highest BCUT2D eigenvalue weighted by Crippen LogP contribution is 2.38. The smallest absolute Gasteiger partial charge is 0.131 e. The van der Waals surface area contributed by atoms with Crippen molar-refractivity contribution in [3.63, 3.8) is 0 Å². The van der Waals surface area contributed by atoms with Gasteiger partial charge < -0.3 is 14.7 Å². The monoisotopic (exact) mass is 406 g/mol. The van der Waals surface area contributed by atoms with Gasteiger partial charge in [-0.2, -0.15) is 0 Å². The van der Waals surface area contributed by atoms with E-state index in [0.717, 1.165) is 47.0 Å². The van der Waals surface area contributed by atoms with Gasteiger partial charge in [-0.3, -0.25) is 4.98 Å². The Morgan fingerprint density at radius 2 is 2.00 bits per heavy atom. The van der Waals surface area contributed by atoms with Crippen LogP contribution >= 0.6 is 0 Å². The van der Waals surface area contributed by atoms with Crippen LogP contribution in [-0.2, 0) is 12.2 Å². The number of hydrogen-bond donors (Lipinski definition) is 1. The molecule has 4 nitrogen and oxygen atoms in total. The minimum atomic E-state index is -0.895. The predicted octanol–water partition coefficient (Wildman–Crippen LogP) is 5.15. The fourth-order valence-corrected chi connectivity index (χ4v) is 4.57. The summed E-state index contributed by atoms with van der Waals surface area (Å²) < 4.78 is 6.10. The maximum Gasteiger partial charge on any atom is 0.131 e. The van der Waals surface area contributed by atoms with Gasteiger partial charge in [-0.25, -0.2) is 0 Å².